The molecule has 0 spiro atoms. The normalized spacial score (nSPS) is 19.2. The summed E-state index contributed by atoms with van der Waals surface area (Å²) in [6.45, 7) is 4.91. The predicted molar refractivity (Wildman–Crippen MR) is 71.3 cm³/mol. The van der Waals surface area contributed by atoms with Gasteiger partial charge in [0.05, 0.1) is 0 Å². The first-order valence-electron chi connectivity index (χ1n) is 6.32. The van der Waals surface area contributed by atoms with Crippen molar-refractivity contribution in [2.75, 3.05) is 13.2 Å². The van der Waals surface area contributed by atoms with Crippen LogP contribution in [-0.2, 0) is 11.3 Å². The van der Waals surface area contributed by atoms with E-state index in [0.717, 1.165) is 43.5 Å². The first-order valence-corrected chi connectivity index (χ1v) is 6.69. The van der Waals surface area contributed by atoms with Crippen LogP contribution in [0, 0.1) is 5.92 Å². The summed E-state index contributed by atoms with van der Waals surface area (Å²) in [5.74, 6) is 0.728. The minimum atomic E-state index is 0.523. The molecule has 0 radical (unpaired) electrons. The fourth-order valence-electron chi connectivity index (χ4n) is 2.30. The predicted octanol–water partition coefficient (Wildman–Crippen LogP) is 3.24. The van der Waals surface area contributed by atoms with Crippen molar-refractivity contribution >= 4 is 11.6 Å². The maximum Gasteiger partial charge on any atom is 0.0469 e. The van der Waals surface area contributed by atoms with E-state index in [4.69, 9.17) is 16.3 Å². The monoisotopic (exact) mass is 253 g/mol. The summed E-state index contributed by atoms with van der Waals surface area (Å²) in [5.41, 5.74) is 1.17. The molecule has 1 fully saturated rings. The van der Waals surface area contributed by atoms with Crippen molar-refractivity contribution in [1.82, 2.24) is 5.32 Å². The largest absolute Gasteiger partial charge is 0.381 e. The highest BCUT2D eigenvalue weighted by molar-refractivity contribution is 6.31. The molecular formula is C14H20ClNO. The SMILES string of the molecule is CC(NCc1ccccc1Cl)C1CCOCC1. The van der Waals surface area contributed by atoms with E-state index in [1.54, 1.807) is 0 Å². The maximum absolute atomic E-state index is 6.13. The Morgan fingerprint density at radius 2 is 2.06 bits per heavy atom. The van der Waals surface area contributed by atoms with Crippen LogP contribution in [0.2, 0.25) is 5.02 Å². The maximum atomic E-state index is 6.13. The Hall–Kier alpha value is -0.570. The molecular weight excluding hydrogens is 234 g/mol. The van der Waals surface area contributed by atoms with E-state index in [0.29, 0.717) is 6.04 Å². The Balaban J connectivity index is 1.83. The number of nitrogens with one attached hydrogen (secondary N) is 1. The third kappa shape index (κ3) is 3.70. The standard InChI is InChI=1S/C14H20ClNO/c1-11(12-6-8-17-9-7-12)16-10-13-4-2-3-5-14(13)15/h2-5,11-12,16H,6-10H2,1H3. The van der Waals surface area contributed by atoms with Crippen LogP contribution in [0.15, 0.2) is 24.3 Å². The van der Waals surface area contributed by atoms with Crippen molar-refractivity contribution in [3.63, 3.8) is 0 Å². The fourth-order valence-corrected chi connectivity index (χ4v) is 2.50. The second kappa shape index (κ2) is 6.39. The Labute approximate surface area is 108 Å². The van der Waals surface area contributed by atoms with Crippen LogP contribution >= 0.6 is 11.6 Å². The lowest BCUT2D eigenvalue weighted by atomic mass is 9.93. The fraction of sp³-hybridized carbons (Fsp3) is 0.571. The van der Waals surface area contributed by atoms with E-state index >= 15 is 0 Å². The van der Waals surface area contributed by atoms with Gasteiger partial charge in [0.2, 0.25) is 0 Å². The van der Waals surface area contributed by atoms with Crippen LogP contribution in [0.5, 0.6) is 0 Å². The Morgan fingerprint density at radius 1 is 1.35 bits per heavy atom. The van der Waals surface area contributed by atoms with Gasteiger partial charge in [0.15, 0.2) is 0 Å². The van der Waals surface area contributed by atoms with Crippen LogP contribution in [0.1, 0.15) is 25.3 Å². The average Bonchev–Trinajstić information content (AvgIpc) is 2.38. The van der Waals surface area contributed by atoms with Crippen molar-refractivity contribution in [3.8, 4) is 0 Å². The van der Waals surface area contributed by atoms with Gasteiger partial charge in [0.25, 0.3) is 0 Å². The van der Waals surface area contributed by atoms with Gasteiger partial charge in [0, 0.05) is 30.8 Å². The molecule has 1 saturated heterocycles. The van der Waals surface area contributed by atoms with Crippen molar-refractivity contribution in [1.29, 1.82) is 0 Å². The summed E-state index contributed by atoms with van der Waals surface area (Å²) in [5, 5.41) is 4.42. The van der Waals surface area contributed by atoms with Crippen molar-refractivity contribution in [2.45, 2.75) is 32.4 Å². The molecule has 1 heterocycles. The van der Waals surface area contributed by atoms with Gasteiger partial charge >= 0.3 is 0 Å². The molecule has 0 aliphatic carbocycles. The van der Waals surface area contributed by atoms with Crippen molar-refractivity contribution < 1.29 is 4.74 Å². The topological polar surface area (TPSA) is 21.3 Å². The summed E-state index contributed by atoms with van der Waals surface area (Å²) in [4.78, 5) is 0. The minimum absolute atomic E-state index is 0.523. The first kappa shape index (κ1) is 12.9. The van der Waals surface area contributed by atoms with E-state index in [-0.39, 0.29) is 0 Å². The van der Waals surface area contributed by atoms with Gasteiger partial charge in [0.1, 0.15) is 0 Å². The van der Waals surface area contributed by atoms with E-state index in [2.05, 4.69) is 18.3 Å². The molecule has 0 saturated carbocycles. The van der Waals surface area contributed by atoms with Gasteiger partial charge in [-0.05, 0) is 37.3 Å². The van der Waals surface area contributed by atoms with Gasteiger partial charge in [-0.2, -0.15) is 0 Å². The van der Waals surface area contributed by atoms with E-state index in [1.165, 1.54) is 5.56 Å². The lowest BCUT2D eigenvalue weighted by Crippen LogP contribution is -2.36. The van der Waals surface area contributed by atoms with Crippen LogP contribution in [0.3, 0.4) is 0 Å². The van der Waals surface area contributed by atoms with Gasteiger partial charge in [-0.1, -0.05) is 29.8 Å². The van der Waals surface area contributed by atoms with Gasteiger partial charge in [-0.3, -0.25) is 0 Å². The third-order valence-electron chi connectivity index (χ3n) is 3.55. The Kier molecular flexibility index (Phi) is 4.84. The molecule has 1 atom stereocenters. The molecule has 0 bridgehead atoms. The summed E-state index contributed by atoms with van der Waals surface area (Å²) in [6.07, 6.45) is 2.33. The Morgan fingerprint density at radius 3 is 2.76 bits per heavy atom. The molecule has 1 aliphatic rings. The van der Waals surface area contributed by atoms with Gasteiger partial charge < -0.3 is 10.1 Å². The Bertz CT molecular complexity index is 350. The molecule has 0 amide bonds. The molecule has 2 rings (SSSR count). The number of halogens is 1. The summed E-state index contributed by atoms with van der Waals surface area (Å²) < 4.78 is 5.38. The molecule has 94 valence electrons. The molecule has 1 N–H and O–H groups in total. The van der Waals surface area contributed by atoms with Crippen LogP contribution in [0.25, 0.3) is 0 Å². The van der Waals surface area contributed by atoms with Crippen LogP contribution in [-0.4, -0.2) is 19.3 Å². The molecule has 2 nitrogen and oxygen atoms in total. The zero-order chi connectivity index (χ0) is 12.1. The molecule has 17 heavy (non-hydrogen) atoms. The second-order valence-corrected chi connectivity index (χ2v) is 5.12. The highest BCUT2D eigenvalue weighted by Crippen LogP contribution is 2.20. The average molecular weight is 254 g/mol. The lowest BCUT2D eigenvalue weighted by Gasteiger charge is -2.28. The molecule has 1 aliphatic heterocycles. The van der Waals surface area contributed by atoms with E-state index in [1.807, 2.05) is 18.2 Å². The van der Waals surface area contributed by atoms with Crippen LogP contribution in [0.4, 0.5) is 0 Å². The zero-order valence-electron chi connectivity index (χ0n) is 10.3. The molecule has 1 aromatic carbocycles. The number of hydrogen-bond donors (Lipinski definition) is 1. The first-order chi connectivity index (χ1) is 8.27. The van der Waals surface area contributed by atoms with Crippen molar-refractivity contribution in [3.05, 3.63) is 34.9 Å². The van der Waals surface area contributed by atoms with Crippen molar-refractivity contribution in [2.24, 2.45) is 5.92 Å². The number of benzene rings is 1. The highest BCUT2D eigenvalue weighted by atomic mass is 35.5. The second-order valence-electron chi connectivity index (χ2n) is 4.71. The van der Waals surface area contributed by atoms with Gasteiger partial charge in [-0.15, -0.1) is 0 Å². The quantitative estimate of drug-likeness (QED) is 0.890. The van der Waals surface area contributed by atoms with E-state index in [9.17, 15) is 0 Å². The molecule has 3 heteroatoms. The lowest BCUT2D eigenvalue weighted by molar-refractivity contribution is 0.0558. The molecule has 1 unspecified atom stereocenters. The number of hydrogen-bond acceptors (Lipinski definition) is 2. The molecule has 0 aromatic heterocycles. The minimum Gasteiger partial charge on any atom is -0.381 e. The summed E-state index contributed by atoms with van der Waals surface area (Å²) >= 11 is 6.13. The third-order valence-corrected chi connectivity index (χ3v) is 3.91. The number of rotatable bonds is 4. The van der Waals surface area contributed by atoms with Crippen LogP contribution < -0.4 is 5.32 Å². The number of ether oxygens (including phenoxy) is 1. The zero-order valence-corrected chi connectivity index (χ0v) is 11.0. The smallest absolute Gasteiger partial charge is 0.0469 e. The molecule has 1 aromatic rings. The highest BCUT2D eigenvalue weighted by Gasteiger charge is 2.19. The summed E-state index contributed by atoms with van der Waals surface area (Å²) in [7, 11) is 0. The van der Waals surface area contributed by atoms with Gasteiger partial charge in [-0.25, -0.2) is 0 Å². The van der Waals surface area contributed by atoms with E-state index < -0.39 is 0 Å². The summed E-state index contributed by atoms with van der Waals surface area (Å²) in [6, 6.07) is 8.54.